The minimum absolute atomic E-state index is 0.158. The van der Waals surface area contributed by atoms with Crippen LogP contribution in [0.4, 0.5) is 0 Å². The van der Waals surface area contributed by atoms with E-state index in [0.29, 0.717) is 5.56 Å². The molecule has 3 N–H and O–H groups in total. The van der Waals surface area contributed by atoms with Crippen molar-refractivity contribution in [3.05, 3.63) is 63.0 Å². The van der Waals surface area contributed by atoms with E-state index >= 15 is 0 Å². The van der Waals surface area contributed by atoms with Gasteiger partial charge in [0, 0.05) is 0 Å². The van der Waals surface area contributed by atoms with Crippen LogP contribution in [0.2, 0.25) is 5.02 Å². The highest BCUT2D eigenvalue weighted by atomic mass is 35.5. The Kier molecular flexibility index (Phi) is 5.41. The summed E-state index contributed by atoms with van der Waals surface area (Å²) >= 11 is 12.3. The van der Waals surface area contributed by atoms with E-state index in [-0.39, 0.29) is 31.3 Å². The molecule has 1 aliphatic rings. The molecule has 27 heavy (non-hydrogen) atoms. The summed E-state index contributed by atoms with van der Waals surface area (Å²) in [5, 5.41) is 20.2. The molecule has 0 radical (unpaired) electrons. The van der Waals surface area contributed by atoms with Crippen LogP contribution >= 0.6 is 35.6 Å². The van der Waals surface area contributed by atoms with Crippen LogP contribution in [0.25, 0.3) is 6.08 Å². The van der Waals surface area contributed by atoms with Crippen LogP contribution in [0.1, 0.15) is 21.5 Å². The minimum atomic E-state index is -0.556. The zero-order valence-electron chi connectivity index (χ0n) is 13.9. The number of nitrogens with zero attached hydrogens (tertiary/aromatic N) is 1. The molecular formula is C18H13ClN2O4S2. The van der Waals surface area contributed by atoms with Crippen LogP contribution in [0.15, 0.2) is 41.3 Å². The van der Waals surface area contributed by atoms with Crippen molar-refractivity contribution < 1.29 is 19.8 Å². The second-order valence-corrected chi connectivity index (χ2v) is 7.77. The van der Waals surface area contributed by atoms with Crippen LogP contribution < -0.4 is 5.43 Å². The van der Waals surface area contributed by atoms with Gasteiger partial charge in [-0.15, -0.1) is 0 Å². The van der Waals surface area contributed by atoms with Gasteiger partial charge in [-0.05, 0) is 60.6 Å². The molecule has 0 aromatic heterocycles. The van der Waals surface area contributed by atoms with Gasteiger partial charge in [-0.1, -0.05) is 35.5 Å². The first-order valence-electron chi connectivity index (χ1n) is 7.63. The third kappa shape index (κ3) is 4.08. The first kappa shape index (κ1) is 19.2. The summed E-state index contributed by atoms with van der Waals surface area (Å²) < 4.78 is 0.158. The summed E-state index contributed by atoms with van der Waals surface area (Å²) in [6.45, 7) is 1.85. The highest BCUT2D eigenvalue weighted by Crippen LogP contribution is 2.33. The predicted molar refractivity (Wildman–Crippen MR) is 108 cm³/mol. The van der Waals surface area contributed by atoms with Gasteiger partial charge in [-0.25, -0.2) is 0 Å². The van der Waals surface area contributed by atoms with Gasteiger partial charge in [0.1, 0.15) is 0 Å². The monoisotopic (exact) mass is 420 g/mol. The lowest BCUT2D eigenvalue weighted by atomic mass is 10.1. The fraction of sp³-hybridized carbons (Fsp3) is 0.0556. The molecule has 0 aliphatic carbocycles. The number of phenolic OH excluding ortho intramolecular Hbond substituents is 2. The number of aryl methyl sites for hydroxylation is 1. The van der Waals surface area contributed by atoms with Gasteiger partial charge in [-0.3, -0.25) is 15.0 Å². The summed E-state index contributed by atoms with van der Waals surface area (Å²) in [7, 11) is 0. The van der Waals surface area contributed by atoms with Gasteiger partial charge in [0.05, 0.1) is 15.5 Å². The zero-order valence-corrected chi connectivity index (χ0v) is 16.3. The molecule has 0 saturated carbocycles. The molecular weight excluding hydrogens is 408 g/mol. The molecule has 138 valence electrons. The molecule has 1 aliphatic heterocycles. The number of hydrogen-bond acceptors (Lipinski definition) is 6. The first-order valence-corrected chi connectivity index (χ1v) is 9.23. The Hall–Kier alpha value is -2.55. The number of carbonyl (C=O) groups excluding carboxylic acids is 2. The Labute approximate surface area is 169 Å². The number of halogens is 1. The van der Waals surface area contributed by atoms with Crippen LogP contribution in [-0.2, 0) is 4.79 Å². The number of rotatable bonds is 3. The van der Waals surface area contributed by atoms with Gasteiger partial charge in [0.15, 0.2) is 15.8 Å². The van der Waals surface area contributed by atoms with Gasteiger partial charge >= 0.3 is 0 Å². The Morgan fingerprint density at radius 1 is 1.22 bits per heavy atom. The molecule has 0 atom stereocenters. The molecule has 1 heterocycles. The lowest BCUT2D eigenvalue weighted by molar-refractivity contribution is -0.123. The van der Waals surface area contributed by atoms with E-state index in [1.165, 1.54) is 24.3 Å². The number of nitrogens with one attached hydrogen (secondary N) is 1. The number of aromatic hydroxyl groups is 2. The molecule has 9 heteroatoms. The Bertz CT molecular complexity index is 1010. The molecule has 1 fully saturated rings. The first-order chi connectivity index (χ1) is 12.8. The SMILES string of the molecule is Cc1ccc(C(=O)NN2C(=O)/C(=C\c3ccc(O)c(O)c3)SC2=S)c(Cl)c1. The summed E-state index contributed by atoms with van der Waals surface area (Å²) in [5.74, 6) is -1.63. The van der Waals surface area contributed by atoms with Crippen molar-refractivity contribution in [2.75, 3.05) is 0 Å². The lowest BCUT2D eigenvalue weighted by Gasteiger charge is -2.16. The van der Waals surface area contributed by atoms with Crippen LogP contribution in [0, 0.1) is 6.92 Å². The lowest BCUT2D eigenvalue weighted by Crippen LogP contribution is -2.44. The average Bonchev–Trinajstić information content (AvgIpc) is 2.85. The van der Waals surface area contributed by atoms with Crippen molar-refractivity contribution in [2.45, 2.75) is 6.92 Å². The fourth-order valence-electron chi connectivity index (χ4n) is 2.31. The summed E-state index contributed by atoms with van der Waals surface area (Å²) in [4.78, 5) is 25.3. The topological polar surface area (TPSA) is 89.9 Å². The molecule has 1 saturated heterocycles. The zero-order chi connectivity index (χ0) is 19.7. The number of thioether (sulfide) groups is 1. The number of hydrogen-bond donors (Lipinski definition) is 3. The normalized spacial score (nSPS) is 15.5. The van der Waals surface area contributed by atoms with Crippen molar-refractivity contribution in [1.29, 1.82) is 0 Å². The molecule has 0 bridgehead atoms. The number of thiocarbonyl (C=S) groups is 1. The molecule has 3 rings (SSSR count). The second kappa shape index (κ2) is 7.59. The Balaban J connectivity index is 1.80. The molecule has 2 amide bonds. The van der Waals surface area contributed by atoms with Gasteiger partial charge in [0.25, 0.3) is 11.8 Å². The number of phenols is 2. The molecule has 0 unspecified atom stereocenters. The van der Waals surface area contributed by atoms with E-state index in [1.807, 2.05) is 6.92 Å². The van der Waals surface area contributed by atoms with Gasteiger partial charge < -0.3 is 10.2 Å². The van der Waals surface area contributed by atoms with Gasteiger partial charge in [-0.2, -0.15) is 5.01 Å². The Morgan fingerprint density at radius 3 is 2.63 bits per heavy atom. The maximum atomic E-state index is 12.6. The van der Waals surface area contributed by atoms with E-state index in [9.17, 15) is 19.8 Å². The van der Waals surface area contributed by atoms with Crippen molar-refractivity contribution >= 4 is 57.8 Å². The number of hydrazine groups is 1. The highest BCUT2D eigenvalue weighted by Gasteiger charge is 2.34. The number of carbonyl (C=O) groups is 2. The number of benzene rings is 2. The summed E-state index contributed by atoms with van der Waals surface area (Å²) in [6.07, 6.45) is 1.50. The fourth-order valence-corrected chi connectivity index (χ4v) is 3.81. The Morgan fingerprint density at radius 2 is 1.96 bits per heavy atom. The maximum absolute atomic E-state index is 12.6. The van der Waals surface area contributed by atoms with Crippen molar-refractivity contribution in [3.8, 4) is 11.5 Å². The molecule has 2 aromatic rings. The standard InChI is InChI=1S/C18H13ClN2O4S2/c1-9-2-4-11(12(19)6-9)16(24)20-21-17(25)15(27-18(21)26)8-10-3-5-13(22)14(23)7-10/h2-8,22-23H,1H3,(H,20,24)/b15-8+. The van der Waals surface area contributed by atoms with Crippen LogP contribution in [0.5, 0.6) is 11.5 Å². The van der Waals surface area contributed by atoms with Crippen LogP contribution in [-0.4, -0.2) is 31.4 Å². The van der Waals surface area contributed by atoms with E-state index < -0.39 is 11.8 Å². The predicted octanol–water partition coefficient (Wildman–Crippen LogP) is 3.61. The maximum Gasteiger partial charge on any atom is 0.285 e. The van der Waals surface area contributed by atoms with Crippen molar-refractivity contribution in [3.63, 3.8) is 0 Å². The largest absolute Gasteiger partial charge is 0.504 e. The molecule has 2 aromatic carbocycles. The minimum Gasteiger partial charge on any atom is -0.504 e. The van der Waals surface area contributed by atoms with E-state index in [1.54, 1.807) is 18.2 Å². The molecule has 0 spiro atoms. The van der Waals surface area contributed by atoms with E-state index in [2.05, 4.69) is 5.43 Å². The van der Waals surface area contributed by atoms with Crippen molar-refractivity contribution in [1.82, 2.24) is 10.4 Å². The molecule has 6 nitrogen and oxygen atoms in total. The third-order valence-corrected chi connectivity index (χ3v) is 5.29. The summed E-state index contributed by atoms with van der Waals surface area (Å²) in [6, 6.07) is 9.11. The average molecular weight is 421 g/mol. The second-order valence-electron chi connectivity index (χ2n) is 5.69. The van der Waals surface area contributed by atoms with Crippen molar-refractivity contribution in [2.24, 2.45) is 0 Å². The number of amides is 2. The third-order valence-electron chi connectivity index (χ3n) is 3.67. The quantitative estimate of drug-likeness (QED) is 0.399. The van der Waals surface area contributed by atoms with Gasteiger partial charge in [0.2, 0.25) is 0 Å². The van der Waals surface area contributed by atoms with E-state index in [0.717, 1.165) is 22.3 Å². The highest BCUT2D eigenvalue weighted by molar-refractivity contribution is 8.26. The smallest absolute Gasteiger partial charge is 0.285 e. The summed E-state index contributed by atoms with van der Waals surface area (Å²) in [5.41, 5.74) is 4.09. The van der Waals surface area contributed by atoms with Crippen LogP contribution in [0.3, 0.4) is 0 Å². The van der Waals surface area contributed by atoms with E-state index in [4.69, 9.17) is 23.8 Å².